The molecule has 162 valence electrons. The highest BCUT2D eigenvalue weighted by molar-refractivity contribution is 5.91. The standard InChI is InChI=1S/C24H32N2O4/c1-16-5-3-7-24(2)14-21-17(13-19(16)24)18(23(28)30-21)15-25-8-10-26(11-9-25)22(27)20-6-4-12-29-20/h4,6,12,17-18,21H,3,5,7-11,13-15H2,1-2H3/t17-,18-,21+,24+/m0/s1. The zero-order chi connectivity index (χ0) is 20.9. The number of allylic oxidation sites excluding steroid dienone is 2. The molecule has 30 heavy (non-hydrogen) atoms. The fraction of sp³-hybridized carbons (Fsp3) is 0.667. The van der Waals surface area contributed by atoms with Crippen LogP contribution in [0.5, 0.6) is 0 Å². The third-order valence-electron chi connectivity index (χ3n) is 8.03. The Morgan fingerprint density at radius 2 is 2.07 bits per heavy atom. The van der Waals surface area contributed by atoms with Crippen molar-refractivity contribution >= 4 is 11.9 Å². The van der Waals surface area contributed by atoms with E-state index < -0.39 is 0 Å². The van der Waals surface area contributed by atoms with Gasteiger partial charge in [-0.25, -0.2) is 0 Å². The quantitative estimate of drug-likeness (QED) is 0.562. The largest absolute Gasteiger partial charge is 0.462 e. The van der Waals surface area contributed by atoms with Gasteiger partial charge in [0.15, 0.2) is 5.76 Å². The third-order valence-corrected chi connectivity index (χ3v) is 8.03. The molecule has 0 unspecified atom stereocenters. The van der Waals surface area contributed by atoms with Crippen molar-refractivity contribution in [2.75, 3.05) is 32.7 Å². The highest BCUT2D eigenvalue weighted by Crippen LogP contribution is 2.55. The maximum atomic E-state index is 12.8. The number of amides is 1. The molecule has 3 heterocycles. The van der Waals surface area contributed by atoms with E-state index in [4.69, 9.17) is 9.15 Å². The highest BCUT2D eigenvalue weighted by atomic mass is 16.6. The molecular weight excluding hydrogens is 380 g/mol. The summed E-state index contributed by atoms with van der Waals surface area (Å²) in [6.07, 6.45) is 7.28. The Kier molecular flexibility index (Phi) is 5.00. The summed E-state index contributed by atoms with van der Waals surface area (Å²) in [5.41, 5.74) is 3.37. The minimum Gasteiger partial charge on any atom is -0.462 e. The van der Waals surface area contributed by atoms with E-state index in [-0.39, 0.29) is 29.3 Å². The van der Waals surface area contributed by atoms with Gasteiger partial charge in [0, 0.05) is 38.6 Å². The van der Waals surface area contributed by atoms with Gasteiger partial charge >= 0.3 is 5.97 Å². The van der Waals surface area contributed by atoms with Crippen molar-refractivity contribution in [3.63, 3.8) is 0 Å². The maximum absolute atomic E-state index is 12.8. The van der Waals surface area contributed by atoms with Gasteiger partial charge in [0.1, 0.15) is 6.10 Å². The van der Waals surface area contributed by atoms with E-state index in [0.29, 0.717) is 24.8 Å². The molecule has 0 bridgehead atoms. The summed E-state index contributed by atoms with van der Waals surface area (Å²) in [5, 5.41) is 0. The van der Waals surface area contributed by atoms with Crippen molar-refractivity contribution in [1.29, 1.82) is 0 Å². The molecule has 3 fully saturated rings. The van der Waals surface area contributed by atoms with E-state index in [1.807, 2.05) is 4.90 Å². The fourth-order valence-corrected chi connectivity index (χ4v) is 6.29. The van der Waals surface area contributed by atoms with Gasteiger partial charge in [0.05, 0.1) is 12.2 Å². The zero-order valence-corrected chi connectivity index (χ0v) is 18.1. The monoisotopic (exact) mass is 412 g/mol. The van der Waals surface area contributed by atoms with Crippen LogP contribution in [-0.4, -0.2) is 60.5 Å². The van der Waals surface area contributed by atoms with Crippen LogP contribution in [0.15, 0.2) is 34.0 Å². The van der Waals surface area contributed by atoms with Crippen LogP contribution in [0.1, 0.15) is 56.5 Å². The van der Waals surface area contributed by atoms with E-state index in [2.05, 4.69) is 18.7 Å². The van der Waals surface area contributed by atoms with Crippen LogP contribution in [0.3, 0.4) is 0 Å². The van der Waals surface area contributed by atoms with Gasteiger partial charge in [-0.2, -0.15) is 0 Å². The number of piperazine rings is 1. The van der Waals surface area contributed by atoms with Gasteiger partial charge in [-0.15, -0.1) is 0 Å². The molecule has 5 rings (SSSR count). The lowest BCUT2D eigenvalue weighted by molar-refractivity contribution is -0.145. The number of esters is 1. The summed E-state index contributed by atoms with van der Waals surface area (Å²) in [4.78, 5) is 29.4. The van der Waals surface area contributed by atoms with Gasteiger partial charge in [0.2, 0.25) is 0 Å². The van der Waals surface area contributed by atoms with Crippen molar-refractivity contribution in [2.24, 2.45) is 17.3 Å². The minimum absolute atomic E-state index is 0.0143. The second-order valence-electron chi connectivity index (χ2n) is 9.90. The molecule has 2 aliphatic carbocycles. The van der Waals surface area contributed by atoms with Crippen LogP contribution in [-0.2, 0) is 9.53 Å². The summed E-state index contributed by atoms with van der Waals surface area (Å²) in [7, 11) is 0. The first-order valence-corrected chi connectivity index (χ1v) is 11.4. The van der Waals surface area contributed by atoms with Gasteiger partial charge in [0.25, 0.3) is 5.91 Å². The van der Waals surface area contributed by atoms with Crippen molar-refractivity contribution in [3.05, 3.63) is 35.3 Å². The Morgan fingerprint density at radius 3 is 2.80 bits per heavy atom. The van der Waals surface area contributed by atoms with Crippen LogP contribution in [0, 0.1) is 17.3 Å². The molecule has 2 aliphatic heterocycles. The molecule has 2 saturated heterocycles. The first kappa shape index (κ1) is 19.9. The molecule has 1 saturated carbocycles. The predicted molar refractivity (Wildman–Crippen MR) is 112 cm³/mol. The molecular formula is C24H32N2O4. The Labute approximate surface area is 178 Å². The fourth-order valence-electron chi connectivity index (χ4n) is 6.29. The Bertz CT molecular complexity index is 853. The second-order valence-corrected chi connectivity index (χ2v) is 9.90. The van der Waals surface area contributed by atoms with Crippen molar-refractivity contribution in [3.8, 4) is 0 Å². The zero-order valence-electron chi connectivity index (χ0n) is 18.1. The molecule has 6 heteroatoms. The maximum Gasteiger partial charge on any atom is 0.310 e. The normalized spacial score (nSPS) is 34.5. The molecule has 1 aromatic heterocycles. The number of nitrogens with zero attached hydrogens (tertiary/aromatic N) is 2. The lowest BCUT2D eigenvalue weighted by Gasteiger charge is -2.46. The van der Waals surface area contributed by atoms with Crippen LogP contribution in [0.25, 0.3) is 0 Å². The van der Waals surface area contributed by atoms with Gasteiger partial charge in [-0.1, -0.05) is 18.1 Å². The molecule has 0 aromatic carbocycles. The van der Waals surface area contributed by atoms with Crippen molar-refractivity contribution in [1.82, 2.24) is 9.80 Å². The lowest BCUT2D eigenvalue weighted by Crippen LogP contribution is -2.51. The van der Waals surface area contributed by atoms with Crippen molar-refractivity contribution < 1.29 is 18.7 Å². The summed E-state index contributed by atoms with van der Waals surface area (Å²) in [5.74, 6) is 0.586. The Hall–Kier alpha value is -2.08. The summed E-state index contributed by atoms with van der Waals surface area (Å²) in [6.45, 7) is 8.30. The van der Waals surface area contributed by atoms with E-state index in [9.17, 15) is 9.59 Å². The molecule has 0 radical (unpaired) electrons. The SMILES string of the molecule is CC1=C2C[C@H]3[C@H](CN4CCN(C(=O)c5ccco5)CC4)C(=O)O[C@@H]3C[C@@]2(C)CCC1. The number of carbonyl (C=O) groups excluding carboxylic acids is 2. The first-order valence-electron chi connectivity index (χ1n) is 11.4. The topological polar surface area (TPSA) is 63.0 Å². The molecule has 4 atom stereocenters. The predicted octanol–water partition coefficient (Wildman–Crippen LogP) is 3.50. The number of carbonyl (C=O) groups is 2. The lowest BCUT2D eigenvalue weighted by atomic mass is 9.59. The summed E-state index contributed by atoms with van der Waals surface area (Å²) < 4.78 is 11.2. The number of furan rings is 1. The Balaban J connectivity index is 1.23. The number of hydrogen-bond acceptors (Lipinski definition) is 5. The highest BCUT2D eigenvalue weighted by Gasteiger charge is 2.53. The van der Waals surface area contributed by atoms with Gasteiger partial charge < -0.3 is 14.1 Å². The molecule has 0 spiro atoms. The van der Waals surface area contributed by atoms with Crippen LogP contribution in [0.4, 0.5) is 0 Å². The minimum atomic E-state index is -0.0498. The van der Waals surface area contributed by atoms with E-state index in [0.717, 1.165) is 32.5 Å². The summed E-state index contributed by atoms with van der Waals surface area (Å²) in [6, 6.07) is 3.45. The number of fused-ring (bicyclic) bond motifs is 2. The second kappa shape index (κ2) is 7.56. The Morgan fingerprint density at radius 1 is 1.27 bits per heavy atom. The van der Waals surface area contributed by atoms with Crippen LogP contribution >= 0.6 is 0 Å². The van der Waals surface area contributed by atoms with Gasteiger partial charge in [-0.05, 0) is 56.6 Å². The average Bonchev–Trinajstić information content (AvgIpc) is 3.35. The van der Waals surface area contributed by atoms with Gasteiger partial charge in [-0.3, -0.25) is 14.5 Å². The number of ether oxygens (including phenoxy) is 1. The third kappa shape index (κ3) is 3.39. The van der Waals surface area contributed by atoms with E-state index in [1.165, 1.54) is 25.5 Å². The van der Waals surface area contributed by atoms with E-state index >= 15 is 0 Å². The molecule has 4 aliphatic rings. The summed E-state index contributed by atoms with van der Waals surface area (Å²) >= 11 is 0. The molecule has 6 nitrogen and oxygen atoms in total. The number of rotatable bonds is 3. The molecule has 1 amide bonds. The van der Waals surface area contributed by atoms with Crippen LogP contribution < -0.4 is 0 Å². The van der Waals surface area contributed by atoms with E-state index in [1.54, 1.807) is 23.3 Å². The first-order chi connectivity index (χ1) is 14.4. The smallest absolute Gasteiger partial charge is 0.310 e. The molecule has 0 N–H and O–H groups in total. The van der Waals surface area contributed by atoms with Crippen LogP contribution in [0.2, 0.25) is 0 Å². The average molecular weight is 413 g/mol. The number of hydrogen-bond donors (Lipinski definition) is 0. The van der Waals surface area contributed by atoms with Crippen molar-refractivity contribution in [2.45, 2.75) is 52.1 Å². The molecule has 1 aromatic rings.